The molecule has 0 saturated heterocycles. The van der Waals surface area contributed by atoms with Gasteiger partial charge in [0.2, 0.25) is 0 Å². The Hall–Kier alpha value is -1.96. The van der Waals surface area contributed by atoms with E-state index >= 15 is 0 Å². The second kappa shape index (κ2) is 13.6. The first kappa shape index (κ1) is 28.1. The van der Waals surface area contributed by atoms with E-state index in [0.717, 1.165) is 12.4 Å². The molecule has 32 heavy (non-hydrogen) atoms. The first-order chi connectivity index (χ1) is 14.3. The second-order valence-electron chi connectivity index (χ2n) is 7.77. The molecule has 0 heterocycles. The maximum absolute atomic E-state index is 4.50. The summed E-state index contributed by atoms with van der Waals surface area (Å²) in [6.07, 6.45) is -0.0763. The topological polar surface area (TPSA) is 0 Å². The monoisotopic (exact) mass is 529 g/mol. The van der Waals surface area contributed by atoms with E-state index in [4.69, 9.17) is 0 Å². The van der Waals surface area contributed by atoms with E-state index in [-0.39, 0.29) is 35.3 Å². The molecule has 0 aliphatic rings. The standard InChI is InChI=1S/C27H26BP.2CH3.Pd/c1-2-28(24-15-7-3-8-16-24,25-17-9-4-10-18-25)23-29(26-19-11-5-12-20-26)27-21-13-6-14-22-27;;;/h3-22H,1-2,23H2;2*1H3;/q-2;2*-1;/p+1. The van der Waals surface area contributed by atoms with Crippen LogP contribution < -0.4 is 21.5 Å². The number of rotatable bonds is 7. The summed E-state index contributed by atoms with van der Waals surface area (Å²) in [5.74, 6) is 0. The van der Waals surface area contributed by atoms with Gasteiger partial charge in [0.25, 0.3) is 0 Å². The summed E-state index contributed by atoms with van der Waals surface area (Å²) in [5.41, 5.74) is 2.84. The average Bonchev–Trinajstić information content (AvgIpc) is 2.82. The molecule has 0 aliphatic heterocycles. The van der Waals surface area contributed by atoms with Crippen molar-refractivity contribution in [2.45, 2.75) is 6.32 Å². The van der Waals surface area contributed by atoms with Crippen molar-refractivity contribution in [2.24, 2.45) is 0 Å². The van der Waals surface area contributed by atoms with Gasteiger partial charge in [-0.1, -0.05) is 103 Å². The Kier molecular flexibility index (Phi) is 11.9. The largest absolute Gasteiger partial charge is 0.376 e. The summed E-state index contributed by atoms with van der Waals surface area (Å²) in [5, 5.41) is 2.94. The molecule has 0 unspecified atom stereocenters. The van der Waals surface area contributed by atoms with Crippen LogP contribution in [0.5, 0.6) is 0 Å². The minimum absolute atomic E-state index is 0. The molecule has 0 N–H and O–H groups in total. The molecule has 0 bridgehead atoms. The van der Waals surface area contributed by atoms with E-state index in [1.807, 2.05) is 0 Å². The molecule has 0 fully saturated rings. The van der Waals surface area contributed by atoms with Gasteiger partial charge in [-0.2, -0.15) is 0 Å². The summed E-state index contributed by atoms with van der Waals surface area (Å²) in [6.45, 7) is 4.50. The van der Waals surface area contributed by atoms with Crippen LogP contribution in [0.2, 0.25) is 6.32 Å². The van der Waals surface area contributed by atoms with Crippen LogP contribution in [-0.4, -0.2) is 12.2 Å². The van der Waals surface area contributed by atoms with E-state index in [1.165, 1.54) is 21.5 Å². The Bertz CT molecular complexity index is 929. The molecule has 0 aromatic heterocycles. The Morgan fingerprint density at radius 1 is 0.531 bits per heavy atom. The van der Waals surface area contributed by atoms with E-state index in [1.54, 1.807) is 0 Å². The third-order valence-electron chi connectivity index (χ3n) is 6.17. The van der Waals surface area contributed by atoms with Crippen molar-refractivity contribution in [1.29, 1.82) is 0 Å². The van der Waals surface area contributed by atoms with Gasteiger partial charge in [0.15, 0.2) is 0 Å². The average molecular weight is 530 g/mol. The van der Waals surface area contributed by atoms with Gasteiger partial charge in [-0.05, 0) is 24.3 Å². The molecule has 3 heteroatoms. The molecule has 0 spiro atoms. The van der Waals surface area contributed by atoms with Crippen LogP contribution in [0.4, 0.5) is 0 Å². The van der Waals surface area contributed by atoms with Crippen LogP contribution in [0.1, 0.15) is 0 Å². The molecular weight excluding hydrogens is 497 g/mol. The van der Waals surface area contributed by atoms with Gasteiger partial charge in [-0.25, -0.2) is 10.9 Å². The van der Waals surface area contributed by atoms with Crippen LogP contribution in [0.15, 0.2) is 121 Å². The second-order valence-corrected chi connectivity index (χ2v) is 10.3. The molecule has 0 radical (unpaired) electrons. The first-order valence-corrected chi connectivity index (χ1v) is 12.1. The van der Waals surface area contributed by atoms with Crippen molar-refractivity contribution < 1.29 is 20.4 Å². The van der Waals surface area contributed by atoms with Gasteiger partial charge in [-0.15, -0.1) is 0 Å². The number of hydrogen-bond acceptors (Lipinski definition) is 0. The Balaban J connectivity index is 0.00000171. The molecule has 4 rings (SSSR count). The van der Waals surface area contributed by atoms with Crippen molar-refractivity contribution in [3.63, 3.8) is 0 Å². The van der Waals surface area contributed by atoms with E-state index in [9.17, 15) is 0 Å². The SMILES string of the molecule is [CH2-]C[B-](C[PH+](c1ccccc1)c1ccccc1)(c1ccccc1)c1ccccc1.[CH3-].[CH3-].[Pd]. The van der Waals surface area contributed by atoms with Crippen LogP contribution in [0, 0.1) is 21.8 Å². The molecule has 0 nitrogen and oxygen atoms in total. The Morgan fingerprint density at radius 3 is 1.16 bits per heavy atom. The molecule has 170 valence electrons. The van der Waals surface area contributed by atoms with Crippen molar-refractivity contribution in [2.75, 3.05) is 6.06 Å². The minimum Gasteiger partial charge on any atom is -0.376 e. The van der Waals surface area contributed by atoms with Crippen molar-refractivity contribution in [1.82, 2.24) is 0 Å². The zero-order chi connectivity index (χ0) is 19.9. The Labute approximate surface area is 210 Å². The first-order valence-electron chi connectivity index (χ1n) is 10.4. The summed E-state index contributed by atoms with van der Waals surface area (Å²) >= 11 is 0. The van der Waals surface area contributed by atoms with Crippen LogP contribution in [-0.2, 0) is 20.4 Å². The summed E-state index contributed by atoms with van der Waals surface area (Å²) in [6, 6.07) is 45.4. The Morgan fingerprint density at radius 2 is 0.844 bits per heavy atom. The number of benzene rings is 4. The fourth-order valence-corrected chi connectivity index (χ4v) is 7.90. The van der Waals surface area contributed by atoms with Gasteiger partial charge in [-0.3, -0.25) is 0 Å². The fraction of sp³-hybridized carbons (Fsp3) is 0.0690. The molecule has 4 aromatic rings. The van der Waals surface area contributed by atoms with Gasteiger partial charge in [0.05, 0.1) is 16.8 Å². The third kappa shape index (κ3) is 6.08. The quantitative estimate of drug-likeness (QED) is 0.171. The van der Waals surface area contributed by atoms with Crippen LogP contribution in [0.3, 0.4) is 0 Å². The molecule has 4 aromatic carbocycles. The smallest absolute Gasteiger partial charge is 0.0933 e. The minimum atomic E-state index is -0.974. The maximum atomic E-state index is 4.50. The van der Waals surface area contributed by atoms with Crippen LogP contribution >= 0.6 is 7.92 Å². The molecule has 0 atom stereocenters. The molecule has 0 amide bonds. The molecular formula is C29H33BPPd-3. The van der Waals surface area contributed by atoms with Crippen molar-refractivity contribution >= 4 is 35.6 Å². The van der Waals surface area contributed by atoms with E-state index < -0.39 is 14.1 Å². The predicted octanol–water partition coefficient (Wildman–Crippen LogP) is 5.39. The maximum Gasteiger partial charge on any atom is 0.0933 e. The zero-order valence-electron chi connectivity index (χ0n) is 19.1. The normalized spacial score (nSPS) is 10.4. The molecule has 0 aliphatic carbocycles. The van der Waals surface area contributed by atoms with Gasteiger partial charge >= 0.3 is 0 Å². The van der Waals surface area contributed by atoms with Gasteiger partial charge in [0, 0.05) is 28.3 Å². The van der Waals surface area contributed by atoms with E-state index in [2.05, 4.69) is 128 Å². The predicted molar refractivity (Wildman–Crippen MR) is 146 cm³/mol. The fourth-order valence-electron chi connectivity index (χ4n) is 4.54. The third-order valence-corrected chi connectivity index (χ3v) is 9.33. The van der Waals surface area contributed by atoms with Gasteiger partial charge in [0.1, 0.15) is 0 Å². The summed E-state index contributed by atoms with van der Waals surface area (Å²) < 4.78 is 0. The van der Waals surface area contributed by atoms with Crippen LogP contribution in [0.25, 0.3) is 0 Å². The number of hydrogen-bond donors (Lipinski definition) is 0. The summed E-state index contributed by atoms with van der Waals surface area (Å²) in [4.78, 5) is 0. The van der Waals surface area contributed by atoms with Gasteiger partial charge < -0.3 is 28.1 Å². The molecule has 0 saturated carbocycles. The summed E-state index contributed by atoms with van der Waals surface area (Å²) in [7, 11) is -0.974. The van der Waals surface area contributed by atoms with Crippen molar-refractivity contribution in [3.8, 4) is 0 Å². The van der Waals surface area contributed by atoms with Crippen molar-refractivity contribution in [3.05, 3.63) is 143 Å². The zero-order valence-corrected chi connectivity index (χ0v) is 21.6. The van der Waals surface area contributed by atoms with E-state index in [0.29, 0.717) is 0 Å².